The highest BCUT2D eigenvalue weighted by molar-refractivity contribution is 7.91. The van der Waals surface area contributed by atoms with Gasteiger partial charge >= 0.3 is 5.76 Å². The minimum Gasteiger partial charge on any atom is -0.258 e. The van der Waals surface area contributed by atoms with Crippen LogP contribution in [0.25, 0.3) is 0 Å². The molecule has 0 N–H and O–H groups in total. The Labute approximate surface area is 83.4 Å². The first-order chi connectivity index (χ1) is 6.87. The van der Waals surface area contributed by atoms with Gasteiger partial charge in [-0.1, -0.05) is 12.1 Å². The van der Waals surface area contributed by atoms with Crippen LogP contribution in [0.1, 0.15) is 0 Å². The molecule has 0 aliphatic heterocycles. The summed E-state index contributed by atoms with van der Waals surface area (Å²) in [4.78, 5) is 8.40. The summed E-state index contributed by atoms with van der Waals surface area (Å²) < 4.78 is 46.3. The van der Waals surface area contributed by atoms with Crippen molar-refractivity contribution in [1.82, 2.24) is 0 Å². The molecule has 1 rings (SSSR count). The Hall–Kier alpha value is -1.57. The molecule has 1 aromatic rings. The molecule has 0 spiro atoms. The summed E-state index contributed by atoms with van der Waals surface area (Å²) in [5, 5.41) is 10.4. The average Bonchev–Trinajstić information content (AvgIpc) is 2.17. The average molecular weight is 237 g/mol. The summed E-state index contributed by atoms with van der Waals surface area (Å²) in [6.07, 6.45) is 0. The summed E-state index contributed by atoms with van der Waals surface area (Å²) in [5.74, 6) is -3.67. The normalized spacial score (nSPS) is 11.7. The van der Waals surface area contributed by atoms with Crippen LogP contribution in [0.3, 0.4) is 0 Å². The van der Waals surface area contributed by atoms with Crippen LogP contribution in [0, 0.1) is 10.1 Å². The van der Waals surface area contributed by atoms with Gasteiger partial charge in [0, 0.05) is 6.07 Å². The minimum atomic E-state index is -4.93. The molecule has 8 heteroatoms. The number of rotatable bonds is 3. The number of nitro groups is 1. The number of para-hydroxylation sites is 1. The predicted octanol–water partition coefficient (Wildman–Crippen LogP) is 1.59. The maximum atomic E-state index is 12.1. The summed E-state index contributed by atoms with van der Waals surface area (Å²) >= 11 is 0. The van der Waals surface area contributed by atoms with E-state index in [4.69, 9.17) is 0 Å². The van der Waals surface area contributed by atoms with Crippen LogP contribution in [-0.4, -0.2) is 19.1 Å². The van der Waals surface area contributed by atoms with Gasteiger partial charge in [-0.05, 0) is 6.07 Å². The van der Waals surface area contributed by atoms with Crippen LogP contribution in [-0.2, 0) is 9.84 Å². The summed E-state index contributed by atoms with van der Waals surface area (Å²) in [6.45, 7) is 0. The third-order valence-electron chi connectivity index (χ3n) is 1.60. The molecule has 0 unspecified atom stereocenters. The largest absolute Gasteiger partial charge is 0.341 e. The number of sulfone groups is 1. The predicted molar refractivity (Wildman–Crippen MR) is 46.3 cm³/mol. The summed E-state index contributed by atoms with van der Waals surface area (Å²) in [7, 11) is -4.93. The lowest BCUT2D eigenvalue weighted by atomic mass is 10.3. The molecule has 0 fully saturated rings. The monoisotopic (exact) mass is 237 g/mol. The van der Waals surface area contributed by atoms with Crippen molar-refractivity contribution in [2.24, 2.45) is 0 Å². The van der Waals surface area contributed by atoms with Gasteiger partial charge in [-0.25, -0.2) is 8.42 Å². The molecular weight excluding hydrogens is 232 g/mol. The summed E-state index contributed by atoms with van der Waals surface area (Å²) in [5.41, 5.74) is -0.849. The topological polar surface area (TPSA) is 77.3 Å². The van der Waals surface area contributed by atoms with E-state index in [2.05, 4.69) is 0 Å². The van der Waals surface area contributed by atoms with Crippen LogP contribution in [0.2, 0.25) is 0 Å². The van der Waals surface area contributed by atoms with Crippen LogP contribution in [0.4, 0.5) is 14.5 Å². The smallest absolute Gasteiger partial charge is 0.258 e. The van der Waals surface area contributed by atoms with Crippen molar-refractivity contribution >= 4 is 15.5 Å². The number of nitro benzene ring substituents is 1. The zero-order valence-electron chi connectivity index (χ0n) is 7.13. The molecule has 5 nitrogen and oxygen atoms in total. The van der Waals surface area contributed by atoms with Crippen molar-refractivity contribution in [3.8, 4) is 0 Å². The van der Waals surface area contributed by atoms with Crippen molar-refractivity contribution in [3.63, 3.8) is 0 Å². The van der Waals surface area contributed by atoms with Crippen LogP contribution >= 0.6 is 0 Å². The standard InChI is InChI=1S/C7H5F2NO4S/c8-7(9)15(13,14)6-4-2-1-3-5(6)10(11)12/h1-4,7H. The zero-order valence-corrected chi connectivity index (χ0v) is 7.95. The molecule has 0 saturated carbocycles. The molecule has 0 heterocycles. The Morgan fingerprint density at radius 2 is 1.80 bits per heavy atom. The first-order valence-electron chi connectivity index (χ1n) is 3.63. The van der Waals surface area contributed by atoms with Crippen molar-refractivity contribution in [2.45, 2.75) is 10.7 Å². The summed E-state index contributed by atoms with van der Waals surface area (Å²) in [6, 6.07) is 3.97. The SMILES string of the molecule is O=[N+]([O-])c1ccccc1S(=O)(=O)C(F)F. The quantitative estimate of drug-likeness (QED) is 0.590. The lowest BCUT2D eigenvalue weighted by Crippen LogP contribution is -2.13. The Morgan fingerprint density at radius 3 is 2.27 bits per heavy atom. The number of hydrogen-bond donors (Lipinski definition) is 0. The molecule has 0 bridgehead atoms. The third-order valence-corrected chi connectivity index (χ3v) is 3.03. The van der Waals surface area contributed by atoms with Gasteiger partial charge in [0.05, 0.1) is 4.92 Å². The number of alkyl halides is 2. The lowest BCUT2D eigenvalue weighted by Gasteiger charge is -2.02. The first kappa shape index (κ1) is 11.5. The van der Waals surface area contributed by atoms with Gasteiger partial charge in [0.2, 0.25) is 9.84 Å². The van der Waals surface area contributed by atoms with Gasteiger partial charge in [-0.15, -0.1) is 0 Å². The van der Waals surface area contributed by atoms with Gasteiger partial charge in [0.15, 0.2) is 4.90 Å². The van der Waals surface area contributed by atoms with E-state index in [-0.39, 0.29) is 0 Å². The third kappa shape index (κ3) is 2.09. The van der Waals surface area contributed by atoms with E-state index in [0.29, 0.717) is 0 Å². The molecule has 0 aromatic heterocycles. The molecule has 0 aliphatic carbocycles. The fourth-order valence-corrected chi connectivity index (χ4v) is 1.84. The fraction of sp³-hybridized carbons (Fsp3) is 0.143. The highest BCUT2D eigenvalue weighted by Crippen LogP contribution is 2.27. The number of benzene rings is 1. The van der Waals surface area contributed by atoms with Gasteiger partial charge in [0.25, 0.3) is 5.69 Å². The van der Waals surface area contributed by atoms with Crippen molar-refractivity contribution in [1.29, 1.82) is 0 Å². The van der Waals surface area contributed by atoms with Crippen molar-refractivity contribution in [3.05, 3.63) is 34.4 Å². The Morgan fingerprint density at radius 1 is 1.27 bits per heavy atom. The van der Waals surface area contributed by atoms with E-state index in [1.165, 1.54) is 6.07 Å². The highest BCUT2D eigenvalue weighted by Gasteiger charge is 2.33. The van der Waals surface area contributed by atoms with Gasteiger partial charge < -0.3 is 0 Å². The van der Waals surface area contributed by atoms with Crippen molar-refractivity contribution in [2.75, 3.05) is 0 Å². The molecule has 82 valence electrons. The van der Waals surface area contributed by atoms with Gasteiger partial charge in [-0.3, -0.25) is 10.1 Å². The second-order valence-corrected chi connectivity index (χ2v) is 4.42. The molecule has 0 aliphatic rings. The maximum Gasteiger partial charge on any atom is 0.341 e. The fourth-order valence-electron chi connectivity index (χ4n) is 0.945. The van der Waals surface area contributed by atoms with Crippen LogP contribution in [0.5, 0.6) is 0 Å². The first-order valence-corrected chi connectivity index (χ1v) is 5.17. The van der Waals surface area contributed by atoms with Crippen molar-refractivity contribution < 1.29 is 22.1 Å². The Balaban J connectivity index is 3.45. The van der Waals surface area contributed by atoms with E-state index in [1.54, 1.807) is 0 Å². The molecule has 0 radical (unpaired) electrons. The van der Waals surface area contributed by atoms with E-state index in [0.717, 1.165) is 18.2 Å². The van der Waals surface area contributed by atoms with Crippen LogP contribution in [0.15, 0.2) is 29.2 Å². The second-order valence-electron chi connectivity index (χ2n) is 2.53. The van der Waals surface area contributed by atoms with Crippen LogP contribution < -0.4 is 0 Å². The molecule has 1 aromatic carbocycles. The Kier molecular flexibility index (Phi) is 2.98. The van der Waals surface area contributed by atoms with E-state index in [9.17, 15) is 27.3 Å². The van der Waals surface area contributed by atoms with E-state index < -0.39 is 31.1 Å². The highest BCUT2D eigenvalue weighted by atomic mass is 32.2. The maximum absolute atomic E-state index is 12.1. The number of halogens is 2. The minimum absolute atomic E-state index is 0.777. The molecule has 0 saturated heterocycles. The number of nitrogens with zero attached hydrogens (tertiary/aromatic N) is 1. The van der Waals surface area contributed by atoms with Gasteiger partial charge in [0.1, 0.15) is 0 Å². The molecule has 0 atom stereocenters. The zero-order chi connectivity index (χ0) is 11.6. The number of hydrogen-bond acceptors (Lipinski definition) is 4. The van der Waals surface area contributed by atoms with E-state index in [1.807, 2.05) is 0 Å². The Bertz CT molecular complexity index is 486. The second kappa shape index (κ2) is 3.89. The molecule has 15 heavy (non-hydrogen) atoms. The molecular formula is C7H5F2NO4S. The molecule has 0 amide bonds. The van der Waals surface area contributed by atoms with E-state index >= 15 is 0 Å². The lowest BCUT2D eigenvalue weighted by molar-refractivity contribution is -0.387. The van der Waals surface area contributed by atoms with Gasteiger partial charge in [-0.2, -0.15) is 8.78 Å².